The molecule has 0 amide bonds. The van der Waals surface area contributed by atoms with E-state index in [1.807, 2.05) is 20.0 Å². The number of amidine groups is 3. The summed E-state index contributed by atoms with van der Waals surface area (Å²) in [4.78, 5) is 26.5. The Morgan fingerprint density at radius 3 is 2.67 bits per heavy atom. The van der Waals surface area contributed by atoms with Crippen LogP contribution in [0.25, 0.3) is 0 Å². The van der Waals surface area contributed by atoms with Gasteiger partial charge in [-0.05, 0) is 72.5 Å². The molecule has 0 radical (unpaired) electrons. The monoisotopic (exact) mass is 496 g/mol. The molecule has 5 heterocycles. The number of aromatic nitrogens is 1. The van der Waals surface area contributed by atoms with Gasteiger partial charge in [0.05, 0.1) is 17.9 Å². The lowest BCUT2D eigenvalue weighted by Gasteiger charge is -2.37. The van der Waals surface area contributed by atoms with E-state index in [1.165, 1.54) is 38.8 Å². The van der Waals surface area contributed by atoms with Crippen molar-refractivity contribution in [1.29, 1.82) is 0 Å². The number of likely N-dealkylation sites (tertiary alicyclic amines) is 1. The first-order valence-corrected chi connectivity index (χ1v) is 13.2. The fourth-order valence-electron chi connectivity index (χ4n) is 5.89. The standard InChI is InChI=1S/C26H40N8O.CH4/c1-17(2)29-25(30-18(3)27)21-16-33-12-13-35-23-14-24(28-15-20(23)26(33)31-21)34-9-5-6-22(34)19-7-10-32(4)11-8-19;/h14-15,17,19,21-22H,5-13,16H2,1-4H3,(H2,27,29,30);1H4. The molecule has 0 saturated carbocycles. The summed E-state index contributed by atoms with van der Waals surface area (Å²) < 4.78 is 6.23. The smallest absolute Gasteiger partial charge is 0.152 e. The van der Waals surface area contributed by atoms with Crippen LogP contribution in [0.15, 0.2) is 27.2 Å². The average Bonchev–Trinajstić information content (AvgIpc) is 3.43. The second-order valence-corrected chi connectivity index (χ2v) is 10.7. The Balaban J connectivity index is 0.00000304. The van der Waals surface area contributed by atoms with Gasteiger partial charge < -0.3 is 25.2 Å². The van der Waals surface area contributed by atoms with E-state index in [1.54, 1.807) is 6.92 Å². The van der Waals surface area contributed by atoms with Crippen LogP contribution in [0.4, 0.5) is 5.82 Å². The number of nitrogens with two attached hydrogens (primary N) is 1. The van der Waals surface area contributed by atoms with Gasteiger partial charge in [-0.25, -0.2) is 9.98 Å². The highest BCUT2D eigenvalue weighted by Gasteiger charge is 2.36. The zero-order valence-corrected chi connectivity index (χ0v) is 21.7. The van der Waals surface area contributed by atoms with Gasteiger partial charge in [-0.15, -0.1) is 0 Å². The molecular formula is C27H44N8O. The van der Waals surface area contributed by atoms with Gasteiger partial charge in [-0.2, -0.15) is 0 Å². The van der Waals surface area contributed by atoms with Gasteiger partial charge >= 0.3 is 0 Å². The van der Waals surface area contributed by atoms with Crippen LogP contribution >= 0.6 is 0 Å². The molecule has 0 bridgehead atoms. The molecular weight excluding hydrogens is 452 g/mol. The summed E-state index contributed by atoms with van der Waals surface area (Å²) in [5.41, 5.74) is 6.86. The SMILES string of the molecule is C.CC(N)=NC(=NC(C)C)C1CN2CCOc3cc(N4CCCC4C4CCN(C)CC4)ncc3C2=N1. The minimum Gasteiger partial charge on any atom is -0.491 e. The lowest BCUT2D eigenvalue weighted by atomic mass is 9.88. The van der Waals surface area contributed by atoms with E-state index in [0.717, 1.165) is 48.5 Å². The second kappa shape index (κ2) is 11.2. The Morgan fingerprint density at radius 2 is 1.94 bits per heavy atom. The maximum absolute atomic E-state index is 6.23. The molecule has 2 unspecified atom stereocenters. The number of fused-ring (bicyclic) bond motifs is 3. The largest absolute Gasteiger partial charge is 0.491 e. The minimum absolute atomic E-state index is 0. The summed E-state index contributed by atoms with van der Waals surface area (Å²) in [6.45, 7) is 11.5. The van der Waals surface area contributed by atoms with Gasteiger partial charge in [0.15, 0.2) is 5.84 Å². The van der Waals surface area contributed by atoms with Gasteiger partial charge in [-0.3, -0.25) is 9.98 Å². The van der Waals surface area contributed by atoms with Gasteiger partial charge in [0.25, 0.3) is 0 Å². The molecule has 36 heavy (non-hydrogen) atoms. The summed E-state index contributed by atoms with van der Waals surface area (Å²) in [7, 11) is 2.23. The molecule has 0 aromatic carbocycles. The third-order valence-electron chi connectivity index (χ3n) is 7.56. The Hall–Kier alpha value is -2.68. The Kier molecular flexibility index (Phi) is 8.17. The Labute approximate surface area is 216 Å². The van der Waals surface area contributed by atoms with Crippen LogP contribution in [-0.4, -0.2) is 96.8 Å². The van der Waals surface area contributed by atoms with Crippen LogP contribution in [0.5, 0.6) is 5.75 Å². The van der Waals surface area contributed by atoms with Crippen molar-refractivity contribution < 1.29 is 4.74 Å². The molecule has 2 fully saturated rings. The highest BCUT2D eigenvalue weighted by Crippen LogP contribution is 2.36. The molecule has 0 spiro atoms. The predicted molar refractivity (Wildman–Crippen MR) is 149 cm³/mol. The van der Waals surface area contributed by atoms with Crippen molar-refractivity contribution in [2.24, 2.45) is 26.6 Å². The summed E-state index contributed by atoms with van der Waals surface area (Å²) in [5, 5.41) is 0. The fraction of sp³-hybridized carbons (Fsp3) is 0.704. The number of hydrogen-bond donors (Lipinski definition) is 1. The molecule has 9 heteroatoms. The van der Waals surface area contributed by atoms with Crippen molar-refractivity contribution in [3.63, 3.8) is 0 Å². The number of pyridine rings is 1. The summed E-state index contributed by atoms with van der Waals surface area (Å²) >= 11 is 0. The third kappa shape index (κ3) is 5.51. The van der Waals surface area contributed by atoms with Crippen molar-refractivity contribution in [3.8, 4) is 5.75 Å². The lowest BCUT2D eigenvalue weighted by molar-refractivity contribution is 0.198. The first-order chi connectivity index (χ1) is 16.9. The van der Waals surface area contributed by atoms with Crippen LogP contribution < -0.4 is 15.4 Å². The molecule has 198 valence electrons. The molecule has 2 N–H and O–H groups in total. The molecule has 1 aromatic heterocycles. The minimum atomic E-state index is -0.135. The Morgan fingerprint density at radius 1 is 1.17 bits per heavy atom. The quantitative estimate of drug-likeness (QED) is 0.509. The number of hydrogen-bond acceptors (Lipinski definition) is 7. The maximum Gasteiger partial charge on any atom is 0.152 e. The first-order valence-electron chi connectivity index (χ1n) is 13.2. The maximum atomic E-state index is 6.23. The van der Waals surface area contributed by atoms with E-state index >= 15 is 0 Å². The van der Waals surface area contributed by atoms with Gasteiger partial charge in [0, 0.05) is 37.4 Å². The van der Waals surface area contributed by atoms with Gasteiger partial charge in [0.2, 0.25) is 0 Å². The molecule has 4 aliphatic heterocycles. The lowest BCUT2D eigenvalue weighted by Crippen LogP contribution is -2.42. The van der Waals surface area contributed by atoms with Crippen LogP contribution in [0, 0.1) is 5.92 Å². The number of ether oxygens (including phenoxy) is 1. The summed E-state index contributed by atoms with van der Waals surface area (Å²) in [5.74, 6) is 4.80. The third-order valence-corrected chi connectivity index (χ3v) is 7.56. The van der Waals surface area contributed by atoms with Gasteiger partial charge in [-0.1, -0.05) is 7.43 Å². The normalized spacial score (nSPS) is 25.8. The molecule has 9 nitrogen and oxygen atoms in total. The van der Waals surface area contributed by atoms with E-state index in [-0.39, 0.29) is 19.5 Å². The van der Waals surface area contributed by atoms with E-state index in [9.17, 15) is 0 Å². The van der Waals surface area contributed by atoms with Crippen molar-refractivity contribution in [2.45, 2.75) is 72.0 Å². The number of anilines is 1. The van der Waals surface area contributed by atoms with Crippen molar-refractivity contribution >= 4 is 23.3 Å². The van der Waals surface area contributed by atoms with Crippen LogP contribution in [0.3, 0.4) is 0 Å². The van der Waals surface area contributed by atoms with Crippen molar-refractivity contribution in [3.05, 3.63) is 17.8 Å². The number of nitrogens with zero attached hydrogens (tertiary/aromatic N) is 7. The summed E-state index contributed by atoms with van der Waals surface area (Å²) in [6.07, 6.45) is 7.01. The van der Waals surface area contributed by atoms with Gasteiger partial charge in [0.1, 0.15) is 30.1 Å². The fourth-order valence-corrected chi connectivity index (χ4v) is 5.89. The molecule has 2 atom stereocenters. The first kappa shape index (κ1) is 26.4. The number of piperidine rings is 1. The van der Waals surface area contributed by atoms with E-state index < -0.39 is 0 Å². The predicted octanol–water partition coefficient (Wildman–Crippen LogP) is 3.04. The zero-order chi connectivity index (χ0) is 24.5. The van der Waals surface area contributed by atoms with E-state index in [2.05, 4.69) is 32.8 Å². The highest BCUT2D eigenvalue weighted by atomic mass is 16.5. The van der Waals surface area contributed by atoms with E-state index in [0.29, 0.717) is 24.3 Å². The zero-order valence-electron chi connectivity index (χ0n) is 21.7. The molecule has 0 aliphatic carbocycles. The average molecular weight is 497 g/mol. The van der Waals surface area contributed by atoms with Crippen molar-refractivity contribution in [1.82, 2.24) is 14.8 Å². The molecule has 1 aromatic rings. The molecule has 4 aliphatic rings. The van der Waals surface area contributed by atoms with E-state index in [4.69, 9.17) is 25.4 Å². The second-order valence-electron chi connectivity index (χ2n) is 10.7. The van der Waals surface area contributed by atoms with Crippen LogP contribution in [0.2, 0.25) is 0 Å². The number of rotatable bonds is 4. The molecule has 5 rings (SSSR count). The topological polar surface area (TPSA) is 94.9 Å². The summed E-state index contributed by atoms with van der Waals surface area (Å²) in [6, 6.07) is 2.72. The van der Waals surface area contributed by atoms with Crippen LogP contribution in [-0.2, 0) is 0 Å². The molecule has 2 saturated heterocycles. The number of aliphatic imine (C=N–C) groups is 3. The van der Waals surface area contributed by atoms with Crippen LogP contribution in [0.1, 0.15) is 59.4 Å². The Bertz CT molecular complexity index is 1010. The highest BCUT2D eigenvalue weighted by molar-refractivity contribution is 6.07. The van der Waals surface area contributed by atoms with Crippen molar-refractivity contribution in [2.75, 3.05) is 51.3 Å².